The average Bonchev–Trinajstić information content (AvgIpc) is 2.39. The first-order valence-corrected chi connectivity index (χ1v) is 6.32. The summed E-state index contributed by atoms with van der Waals surface area (Å²) in [6.07, 6.45) is 2.39. The minimum Gasteiger partial charge on any atom is -0.464 e. The number of nitrogens with zero attached hydrogens (tertiary/aromatic N) is 2. The third kappa shape index (κ3) is 2.71. The molecule has 0 aliphatic carbocycles. The van der Waals surface area contributed by atoms with Crippen LogP contribution in [-0.4, -0.2) is 35.6 Å². The zero-order chi connectivity index (χ0) is 13.8. The molecule has 0 bridgehead atoms. The molecule has 102 valence electrons. The highest BCUT2D eigenvalue weighted by atomic mass is 16.5. The lowest BCUT2D eigenvalue weighted by Crippen LogP contribution is -2.52. The summed E-state index contributed by atoms with van der Waals surface area (Å²) in [5, 5.41) is 12.4. The van der Waals surface area contributed by atoms with Crippen LogP contribution in [0.5, 0.6) is 0 Å². The lowest BCUT2D eigenvalue weighted by Gasteiger charge is -2.39. The van der Waals surface area contributed by atoms with Crippen molar-refractivity contribution in [2.24, 2.45) is 0 Å². The molecule has 1 unspecified atom stereocenters. The van der Waals surface area contributed by atoms with E-state index in [1.54, 1.807) is 11.9 Å². The fourth-order valence-corrected chi connectivity index (χ4v) is 2.21. The number of carboxylic acid groups (broad SMARTS) is 1. The Morgan fingerprint density at radius 1 is 1.53 bits per heavy atom. The van der Waals surface area contributed by atoms with Gasteiger partial charge in [-0.15, -0.1) is 0 Å². The lowest BCUT2D eigenvalue weighted by molar-refractivity contribution is -0.0353. The number of hydrogen-bond acceptors (Lipinski definition) is 3. The highest BCUT2D eigenvalue weighted by Gasteiger charge is 2.28. The number of ether oxygens (including phenoxy) is 1. The first-order valence-electron chi connectivity index (χ1n) is 6.32. The first-order chi connectivity index (χ1) is 9.15. The largest absolute Gasteiger partial charge is 0.464 e. The summed E-state index contributed by atoms with van der Waals surface area (Å²) >= 11 is 0. The van der Waals surface area contributed by atoms with Gasteiger partial charge >= 0.3 is 6.09 Å². The molecule has 1 N–H and O–H groups in total. The summed E-state index contributed by atoms with van der Waals surface area (Å²) in [6.45, 7) is 4.57. The monoisotopic (exact) mass is 262 g/mol. The fourth-order valence-electron chi connectivity index (χ4n) is 2.21. The summed E-state index contributed by atoms with van der Waals surface area (Å²) in [7, 11) is 0. The van der Waals surface area contributed by atoms with E-state index < -0.39 is 12.3 Å². The second-order valence-corrected chi connectivity index (χ2v) is 4.23. The van der Waals surface area contributed by atoms with Gasteiger partial charge in [0.05, 0.1) is 12.2 Å². The molecule has 0 spiro atoms. The summed E-state index contributed by atoms with van der Waals surface area (Å²) < 4.78 is 5.41. The second kappa shape index (κ2) is 5.75. The van der Waals surface area contributed by atoms with Crippen LogP contribution in [0.3, 0.4) is 0 Å². The van der Waals surface area contributed by atoms with Crippen LogP contribution in [0, 0.1) is 0 Å². The van der Waals surface area contributed by atoms with Gasteiger partial charge in [-0.25, -0.2) is 4.79 Å². The number of para-hydroxylation sites is 1. The summed E-state index contributed by atoms with van der Waals surface area (Å²) in [6, 6.07) is 7.71. The molecule has 1 atom stereocenters. The molecule has 1 aliphatic heterocycles. The molecular weight excluding hydrogens is 244 g/mol. The average molecular weight is 262 g/mol. The van der Waals surface area contributed by atoms with Crippen molar-refractivity contribution in [3.8, 4) is 0 Å². The normalized spacial score (nSPS) is 14.9. The van der Waals surface area contributed by atoms with E-state index in [1.807, 2.05) is 43.3 Å². The predicted octanol–water partition coefficient (Wildman–Crippen LogP) is 2.80. The van der Waals surface area contributed by atoms with E-state index in [0.717, 1.165) is 11.3 Å². The van der Waals surface area contributed by atoms with Crippen LogP contribution in [0.25, 0.3) is 6.08 Å². The van der Waals surface area contributed by atoms with Gasteiger partial charge in [0, 0.05) is 6.61 Å². The number of fused-ring (bicyclic) bond motifs is 1. The quantitative estimate of drug-likeness (QED) is 0.848. The number of rotatable bonds is 4. The van der Waals surface area contributed by atoms with Gasteiger partial charge in [0.15, 0.2) is 6.23 Å². The van der Waals surface area contributed by atoms with Gasteiger partial charge in [-0.3, -0.25) is 5.01 Å². The summed E-state index contributed by atoms with van der Waals surface area (Å²) in [5.41, 5.74) is 1.88. The molecule has 0 saturated heterocycles. The number of benzene rings is 1. The van der Waals surface area contributed by atoms with E-state index in [4.69, 9.17) is 4.74 Å². The zero-order valence-electron chi connectivity index (χ0n) is 11.1. The van der Waals surface area contributed by atoms with Crippen LogP contribution in [0.2, 0.25) is 0 Å². The highest BCUT2D eigenvalue weighted by Crippen LogP contribution is 2.28. The number of carbonyl (C=O) groups is 1. The Kier molecular flexibility index (Phi) is 4.06. The number of amides is 1. The molecule has 19 heavy (non-hydrogen) atoms. The van der Waals surface area contributed by atoms with Crippen LogP contribution in [0.4, 0.5) is 10.5 Å². The maximum Gasteiger partial charge on any atom is 0.428 e. The minimum absolute atomic E-state index is 0.469. The van der Waals surface area contributed by atoms with Crippen molar-refractivity contribution in [1.29, 1.82) is 0 Å². The highest BCUT2D eigenvalue weighted by molar-refractivity contribution is 5.75. The summed E-state index contributed by atoms with van der Waals surface area (Å²) in [5.74, 6) is 0. The zero-order valence-corrected chi connectivity index (χ0v) is 11.1. The van der Waals surface area contributed by atoms with E-state index in [-0.39, 0.29) is 0 Å². The molecular formula is C14H18N2O3. The molecule has 0 fully saturated rings. The Morgan fingerprint density at radius 2 is 2.26 bits per heavy atom. The van der Waals surface area contributed by atoms with Crippen LogP contribution in [0.1, 0.15) is 19.4 Å². The second-order valence-electron chi connectivity index (χ2n) is 4.23. The van der Waals surface area contributed by atoms with Gasteiger partial charge in [-0.05, 0) is 25.5 Å². The fraction of sp³-hybridized carbons (Fsp3) is 0.357. The van der Waals surface area contributed by atoms with Gasteiger partial charge in [0.25, 0.3) is 0 Å². The summed E-state index contributed by atoms with van der Waals surface area (Å²) in [4.78, 5) is 11.5. The molecule has 1 aliphatic rings. The van der Waals surface area contributed by atoms with Crippen LogP contribution in [-0.2, 0) is 4.74 Å². The molecule has 0 aromatic heterocycles. The number of anilines is 1. The van der Waals surface area contributed by atoms with E-state index >= 15 is 0 Å². The van der Waals surface area contributed by atoms with Crippen LogP contribution < -0.4 is 5.01 Å². The first kappa shape index (κ1) is 13.4. The number of hydrazine groups is 1. The van der Waals surface area contributed by atoms with Crippen molar-refractivity contribution in [3.63, 3.8) is 0 Å². The molecule has 5 heteroatoms. The Hall–Kier alpha value is -2.01. The maximum absolute atomic E-state index is 11.5. The molecule has 0 radical (unpaired) electrons. The van der Waals surface area contributed by atoms with E-state index in [2.05, 4.69) is 0 Å². The van der Waals surface area contributed by atoms with Gasteiger partial charge < -0.3 is 9.84 Å². The molecule has 5 nitrogen and oxygen atoms in total. The number of hydrogen-bond donors (Lipinski definition) is 1. The van der Waals surface area contributed by atoms with Crippen molar-refractivity contribution in [3.05, 3.63) is 35.9 Å². The molecule has 1 aromatic carbocycles. The van der Waals surface area contributed by atoms with Gasteiger partial charge in [-0.1, -0.05) is 30.4 Å². The van der Waals surface area contributed by atoms with Gasteiger partial charge in [0.1, 0.15) is 0 Å². The molecule has 1 heterocycles. The van der Waals surface area contributed by atoms with Gasteiger partial charge in [-0.2, -0.15) is 5.01 Å². The Balaban J connectivity index is 2.33. The van der Waals surface area contributed by atoms with E-state index in [1.165, 1.54) is 5.01 Å². The molecule has 1 amide bonds. The van der Waals surface area contributed by atoms with Crippen LogP contribution in [0.15, 0.2) is 30.3 Å². The SMILES string of the molecule is CCOC(C)N(C(=O)O)N1CC=Cc2ccccc21. The predicted molar refractivity (Wildman–Crippen MR) is 73.8 cm³/mol. The van der Waals surface area contributed by atoms with E-state index in [0.29, 0.717) is 13.2 Å². The van der Waals surface area contributed by atoms with Crippen molar-refractivity contribution in [2.45, 2.75) is 20.1 Å². The Bertz CT molecular complexity index is 487. The molecule has 0 saturated carbocycles. The van der Waals surface area contributed by atoms with E-state index in [9.17, 15) is 9.90 Å². The van der Waals surface area contributed by atoms with Gasteiger partial charge in [0.2, 0.25) is 0 Å². The third-order valence-corrected chi connectivity index (χ3v) is 3.00. The minimum atomic E-state index is -1.02. The maximum atomic E-state index is 11.5. The third-order valence-electron chi connectivity index (χ3n) is 3.00. The van der Waals surface area contributed by atoms with Crippen molar-refractivity contribution in [1.82, 2.24) is 5.01 Å². The Morgan fingerprint density at radius 3 is 2.95 bits per heavy atom. The van der Waals surface area contributed by atoms with Crippen LogP contribution >= 0.6 is 0 Å². The molecule has 2 rings (SSSR count). The van der Waals surface area contributed by atoms with Crippen molar-refractivity contribution < 1.29 is 14.6 Å². The van der Waals surface area contributed by atoms with Crippen molar-refractivity contribution in [2.75, 3.05) is 18.2 Å². The van der Waals surface area contributed by atoms with Crippen molar-refractivity contribution >= 4 is 17.9 Å². The molecule has 1 aromatic rings. The standard InChI is InChI=1S/C14H18N2O3/c1-3-19-11(2)16(14(17)18)15-10-6-8-12-7-4-5-9-13(12)15/h4-9,11H,3,10H2,1-2H3,(H,17,18). The smallest absolute Gasteiger partial charge is 0.428 e. The topological polar surface area (TPSA) is 53.0 Å². The Labute approximate surface area is 112 Å². The lowest BCUT2D eigenvalue weighted by atomic mass is 10.1.